The van der Waals surface area contributed by atoms with Crippen LogP contribution in [0.3, 0.4) is 0 Å². The minimum atomic E-state index is -0.250. The Morgan fingerprint density at radius 2 is 1.61 bits per heavy atom. The summed E-state index contributed by atoms with van der Waals surface area (Å²) in [6, 6.07) is 24.2. The summed E-state index contributed by atoms with van der Waals surface area (Å²) in [5.41, 5.74) is 3.55. The lowest BCUT2D eigenvalue weighted by atomic mass is 10.0. The number of hydrogen-bond acceptors (Lipinski definition) is 2. The van der Waals surface area contributed by atoms with Crippen LogP contribution in [0.1, 0.15) is 15.9 Å². The summed E-state index contributed by atoms with van der Waals surface area (Å²) in [6.07, 6.45) is 0. The molecule has 4 heteroatoms. The molecule has 4 rings (SSSR count). The van der Waals surface area contributed by atoms with E-state index < -0.39 is 0 Å². The van der Waals surface area contributed by atoms with E-state index in [-0.39, 0.29) is 11.3 Å². The molecule has 0 aliphatic heterocycles. The molecule has 0 aliphatic rings. The number of aryl methyl sites for hydroxylation is 2. The predicted octanol–water partition coefficient (Wildman–Crippen LogP) is 4.77. The fourth-order valence-corrected chi connectivity index (χ4v) is 3.47. The SMILES string of the molecule is Cc1cccc(-c2c(NC(=O)c3ccccc3)n(C)c3ccccc3c2=O)c1. The normalized spacial score (nSPS) is 10.8. The van der Waals surface area contributed by atoms with Crippen molar-refractivity contribution in [2.45, 2.75) is 6.92 Å². The zero-order chi connectivity index (χ0) is 19.7. The number of para-hydroxylation sites is 1. The number of hydrogen-bond donors (Lipinski definition) is 1. The number of nitrogens with zero attached hydrogens (tertiary/aromatic N) is 1. The Labute approximate surface area is 163 Å². The lowest BCUT2D eigenvalue weighted by Gasteiger charge is -2.18. The molecule has 1 heterocycles. The van der Waals surface area contributed by atoms with E-state index in [1.807, 2.05) is 85.3 Å². The Hall–Kier alpha value is -3.66. The van der Waals surface area contributed by atoms with Crippen LogP contribution in [-0.2, 0) is 7.05 Å². The number of benzene rings is 3. The lowest BCUT2D eigenvalue weighted by Crippen LogP contribution is -2.21. The Bertz CT molecular complexity index is 1240. The van der Waals surface area contributed by atoms with Crippen LogP contribution >= 0.6 is 0 Å². The van der Waals surface area contributed by atoms with Gasteiger partial charge in [-0.15, -0.1) is 0 Å². The van der Waals surface area contributed by atoms with E-state index in [1.54, 1.807) is 12.1 Å². The summed E-state index contributed by atoms with van der Waals surface area (Å²) < 4.78 is 1.87. The van der Waals surface area contributed by atoms with Gasteiger partial charge in [-0.05, 0) is 36.8 Å². The second-order valence-electron chi connectivity index (χ2n) is 6.82. The van der Waals surface area contributed by atoms with Gasteiger partial charge in [-0.25, -0.2) is 0 Å². The highest BCUT2D eigenvalue weighted by molar-refractivity contribution is 6.06. The zero-order valence-corrected chi connectivity index (χ0v) is 15.8. The lowest BCUT2D eigenvalue weighted by molar-refractivity contribution is 0.102. The highest BCUT2D eigenvalue weighted by atomic mass is 16.1. The van der Waals surface area contributed by atoms with Crippen LogP contribution in [0.15, 0.2) is 83.7 Å². The number of carbonyl (C=O) groups is 1. The van der Waals surface area contributed by atoms with E-state index in [0.717, 1.165) is 16.6 Å². The highest BCUT2D eigenvalue weighted by Crippen LogP contribution is 2.29. The molecule has 0 saturated heterocycles. The fourth-order valence-electron chi connectivity index (χ4n) is 3.47. The first-order valence-corrected chi connectivity index (χ1v) is 9.11. The maximum atomic E-state index is 13.4. The topological polar surface area (TPSA) is 51.1 Å². The largest absolute Gasteiger partial charge is 0.330 e. The average Bonchev–Trinajstić information content (AvgIpc) is 2.72. The van der Waals surface area contributed by atoms with Gasteiger partial charge in [0.15, 0.2) is 5.43 Å². The molecule has 0 bridgehead atoms. The Kier molecular flexibility index (Phi) is 4.53. The molecule has 28 heavy (non-hydrogen) atoms. The Balaban J connectivity index is 1.98. The number of carbonyl (C=O) groups excluding carboxylic acids is 1. The van der Waals surface area contributed by atoms with E-state index in [0.29, 0.717) is 22.3 Å². The van der Waals surface area contributed by atoms with Crippen LogP contribution in [0.2, 0.25) is 0 Å². The molecular weight excluding hydrogens is 348 g/mol. The van der Waals surface area contributed by atoms with Gasteiger partial charge in [0.1, 0.15) is 5.82 Å². The molecule has 4 nitrogen and oxygen atoms in total. The summed E-state index contributed by atoms with van der Waals surface area (Å²) in [5, 5.41) is 3.59. The molecular formula is C24H20N2O2. The molecule has 1 N–H and O–H groups in total. The second kappa shape index (κ2) is 7.16. The number of nitrogens with one attached hydrogen (secondary N) is 1. The summed E-state index contributed by atoms with van der Waals surface area (Å²) >= 11 is 0. The van der Waals surface area contributed by atoms with Crippen molar-refractivity contribution < 1.29 is 4.79 Å². The smallest absolute Gasteiger partial charge is 0.256 e. The molecule has 0 spiro atoms. The van der Waals surface area contributed by atoms with Crippen LogP contribution < -0.4 is 10.7 Å². The van der Waals surface area contributed by atoms with Crippen molar-refractivity contribution in [3.63, 3.8) is 0 Å². The molecule has 138 valence electrons. The van der Waals surface area contributed by atoms with Gasteiger partial charge in [-0.1, -0.05) is 60.2 Å². The third-order valence-electron chi connectivity index (χ3n) is 4.88. The minimum Gasteiger partial charge on any atom is -0.330 e. The molecule has 1 amide bonds. The van der Waals surface area contributed by atoms with Gasteiger partial charge in [-0.2, -0.15) is 0 Å². The molecule has 0 atom stereocenters. The summed E-state index contributed by atoms with van der Waals surface area (Å²) in [7, 11) is 1.86. The number of fused-ring (bicyclic) bond motifs is 1. The van der Waals surface area contributed by atoms with Crippen LogP contribution in [0, 0.1) is 6.92 Å². The summed E-state index contributed by atoms with van der Waals surface area (Å²) in [4.78, 5) is 26.2. The predicted molar refractivity (Wildman–Crippen MR) is 114 cm³/mol. The zero-order valence-electron chi connectivity index (χ0n) is 15.8. The molecule has 0 fully saturated rings. The number of amides is 1. The molecule has 3 aromatic carbocycles. The van der Waals surface area contributed by atoms with Gasteiger partial charge in [-0.3, -0.25) is 9.59 Å². The van der Waals surface area contributed by atoms with Gasteiger partial charge in [0, 0.05) is 18.0 Å². The number of aromatic nitrogens is 1. The molecule has 4 aromatic rings. The van der Waals surface area contributed by atoms with Crippen molar-refractivity contribution in [3.8, 4) is 11.1 Å². The van der Waals surface area contributed by atoms with Gasteiger partial charge in [0.25, 0.3) is 5.91 Å². The molecule has 0 unspecified atom stereocenters. The van der Waals surface area contributed by atoms with E-state index in [4.69, 9.17) is 0 Å². The first kappa shape index (κ1) is 17.7. The molecule has 0 aliphatic carbocycles. The van der Waals surface area contributed by atoms with Gasteiger partial charge >= 0.3 is 0 Å². The van der Waals surface area contributed by atoms with Crippen LogP contribution in [0.4, 0.5) is 5.82 Å². The van der Waals surface area contributed by atoms with Gasteiger partial charge < -0.3 is 9.88 Å². The number of pyridine rings is 1. The minimum absolute atomic E-state index is 0.0948. The van der Waals surface area contributed by atoms with Crippen molar-refractivity contribution >= 4 is 22.6 Å². The van der Waals surface area contributed by atoms with Gasteiger partial charge in [0.2, 0.25) is 0 Å². The maximum Gasteiger partial charge on any atom is 0.256 e. The third-order valence-corrected chi connectivity index (χ3v) is 4.88. The standard InChI is InChI=1S/C24H20N2O2/c1-16-9-8-12-18(15-16)21-22(27)19-13-6-7-14-20(19)26(2)23(21)25-24(28)17-10-4-3-5-11-17/h3-15H,1-2H3,(H,25,28). The number of anilines is 1. The van der Waals surface area contributed by atoms with Gasteiger partial charge in [0.05, 0.1) is 11.1 Å². The third kappa shape index (κ3) is 3.09. The molecule has 0 radical (unpaired) electrons. The van der Waals surface area contributed by atoms with Crippen LogP contribution in [0.25, 0.3) is 22.0 Å². The van der Waals surface area contributed by atoms with E-state index in [1.165, 1.54) is 0 Å². The van der Waals surface area contributed by atoms with Crippen molar-refractivity contribution in [1.29, 1.82) is 0 Å². The van der Waals surface area contributed by atoms with E-state index in [9.17, 15) is 9.59 Å². The fraction of sp³-hybridized carbons (Fsp3) is 0.0833. The Morgan fingerprint density at radius 1 is 0.893 bits per heavy atom. The van der Waals surface area contributed by atoms with E-state index >= 15 is 0 Å². The van der Waals surface area contributed by atoms with Crippen molar-refractivity contribution in [1.82, 2.24) is 4.57 Å². The van der Waals surface area contributed by atoms with Crippen molar-refractivity contribution in [2.75, 3.05) is 5.32 Å². The quantitative estimate of drug-likeness (QED) is 0.566. The summed E-state index contributed by atoms with van der Waals surface area (Å²) in [6.45, 7) is 1.98. The van der Waals surface area contributed by atoms with Crippen molar-refractivity contribution in [3.05, 3.63) is 100 Å². The molecule has 0 saturated carbocycles. The summed E-state index contributed by atoms with van der Waals surface area (Å²) in [5.74, 6) is 0.239. The maximum absolute atomic E-state index is 13.4. The average molecular weight is 368 g/mol. The van der Waals surface area contributed by atoms with Crippen LogP contribution in [-0.4, -0.2) is 10.5 Å². The Morgan fingerprint density at radius 3 is 2.36 bits per heavy atom. The molecule has 1 aromatic heterocycles. The monoisotopic (exact) mass is 368 g/mol. The van der Waals surface area contributed by atoms with Crippen LogP contribution in [0.5, 0.6) is 0 Å². The second-order valence-corrected chi connectivity index (χ2v) is 6.82. The van der Waals surface area contributed by atoms with E-state index in [2.05, 4.69) is 5.32 Å². The first-order chi connectivity index (χ1) is 13.6. The number of rotatable bonds is 3. The highest BCUT2D eigenvalue weighted by Gasteiger charge is 2.19. The van der Waals surface area contributed by atoms with Crippen molar-refractivity contribution in [2.24, 2.45) is 7.05 Å². The first-order valence-electron chi connectivity index (χ1n) is 9.11.